The predicted molar refractivity (Wildman–Crippen MR) is 87.5 cm³/mol. The van der Waals surface area contributed by atoms with Gasteiger partial charge in [0.2, 0.25) is 5.91 Å². The Morgan fingerprint density at radius 2 is 2.30 bits per heavy atom. The summed E-state index contributed by atoms with van der Waals surface area (Å²) in [5, 5.41) is 7.08. The molecule has 1 heterocycles. The molecule has 0 fully saturated rings. The first kappa shape index (κ1) is 17.2. The number of ether oxygens (including phenoxy) is 1. The van der Waals surface area contributed by atoms with Gasteiger partial charge in [-0.25, -0.2) is 5.43 Å². The summed E-state index contributed by atoms with van der Waals surface area (Å²) in [6.45, 7) is 2.03. The van der Waals surface area contributed by atoms with Crippen molar-refractivity contribution in [3.63, 3.8) is 0 Å². The summed E-state index contributed by atoms with van der Waals surface area (Å²) in [6.07, 6.45) is 0.954. The minimum atomic E-state index is -0.262. The third-order valence-electron chi connectivity index (χ3n) is 3.29. The highest BCUT2D eigenvalue weighted by Crippen LogP contribution is 2.26. The molecule has 2 amide bonds. The Hall–Kier alpha value is -2.12. The number of hydrazone groups is 1. The molecule has 23 heavy (non-hydrogen) atoms. The van der Waals surface area contributed by atoms with Crippen molar-refractivity contribution in [2.24, 2.45) is 10.8 Å². The number of amides is 2. The van der Waals surface area contributed by atoms with Crippen molar-refractivity contribution in [1.29, 1.82) is 0 Å². The number of carbonyl (C=O) groups excluding carboxylic acids is 2. The lowest BCUT2D eigenvalue weighted by molar-refractivity contribution is -0.123. The molecule has 0 aromatic heterocycles. The quantitative estimate of drug-likeness (QED) is 0.713. The molecule has 1 aliphatic heterocycles. The van der Waals surface area contributed by atoms with E-state index in [-0.39, 0.29) is 24.5 Å². The van der Waals surface area contributed by atoms with Crippen LogP contribution in [0.25, 0.3) is 0 Å². The Balaban J connectivity index is 1.97. The Labute approximate surface area is 139 Å². The fourth-order valence-corrected chi connectivity index (χ4v) is 2.23. The second-order valence-electron chi connectivity index (χ2n) is 5.23. The molecule has 124 valence electrons. The molecule has 1 aromatic carbocycles. The zero-order valence-electron chi connectivity index (χ0n) is 12.8. The summed E-state index contributed by atoms with van der Waals surface area (Å²) in [5.41, 5.74) is 9.44. The van der Waals surface area contributed by atoms with E-state index in [0.717, 1.165) is 11.3 Å². The van der Waals surface area contributed by atoms with Gasteiger partial charge in [0, 0.05) is 25.4 Å². The van der Waals surface area contributed by atoms with Gasteiger partial charge in [-0.15, -0.1) is 0 Å². The van der Waals surface area contributed by atoms with E-state index in [4.69, 9.17) is 22.1 Å². The first-order valence-corrected chi connectivity index (χ1v) is 7.65. The Kier molecular flexibility index (Phi) is 5.95. The molecule has 1 aromatic rings. The number of hydrogen-bond donors (Lipinski definition) is 3. The number of hydrogen-bond acceptors (Lipinski definition) is 5. The zero-order valence-corrected chi connectivity index (χ0v) is 13.5. The first-order chi connectivity index (χ1) is 11.0. The van der Waals surface area contributed by atoms with Gasteiger partial charge in [-0.05, 0) is 30.7 Å². The maximum atomic E-state index is 11.6. The third kappa shape index (κ3) is 4.94. The number of carbonyl (C=O) groups is 2. The number of benzene rings is 1. The van der Waals surface area contributed by atoms with Gasteiger partial charge in [-0.1, -0.05) is 11.6 Å². The highest BCUT2D eigenvalue weighted by atomic mass is 35.5. The fourth-order valence-electron chi connectivity index (χ4n) is 2.00. The van der Waals surface area contributed by atoms with Crippen LogP contribution in [0.15, 0.2) is 23.3 Å². The van der Waals surface area contributed by atoms with Gasteiger partial charge < -0.3 is 15.8 Å². The predicted octanol–water partition coefficient (Wildman–Crippen LogP) is 0.796. The summed E-state index contributed by atoms with van der Waals surface area (Å²) < 4.78 is 5.41. The Morgan fingerprint density at radius 3 is 2.91 bits per heavy atom. The summed E-state index contributed by atoms with van der Waals surface area (Å²) in [5.74, 6) is 0.0476. The highest BCUT2D eigenvalue weighted by Gasteiger charge is 2.15. The van der Waals surface area contributed by atoms with E-state index < -0.39 is 0 Å². The van der Waals surface area contributed by atoms with Crippen LogP contribution < -0.4 is 21.2 Å². The monoisotopic (exact) mass is 338 g/mol. The second-order valence-corrected chi connectivity index (χ2v) is 5.64. The average molecular weight is 339 g/mol. The fraction of sp³-hybridized carbons (Fsp3) is 0.400. The Morgan fingerprint density at radius 1 is 1.52 bits per heavy atom. The number of nitrogens with one attached hydrogen (secondary N) is 2. The van der Waals surface area contributed by atoms with Crippen molar-refractivity contribution in [3.05, 3.63) is 28.8 Å². The zero-order chi connectivity index (χ0) is 16.8. The van der Waals surface area contributed by atoms with Crippen molar-refractivity contribution in [1.82, 2.24) is 10.7 Å². The van der Waals surface area contributed by atoms with Crippen LogP contribution in [-0.4, -0.2) is 36.7 Å². The molecule has 0 bridgehead atoms. The lowest BCUT2D eigenvalue weighted by Gasteiger charge is -2.14. The summed E-state index contributed by atoms with van der Waals surface area (Å²) >= 11 is 6.17. The van der Waals surface area contributed by atoms with E-state index in [1.165, 1.54) is 0 Å². The van der Waals surface area contributed by atoms with Gasteiger partial charge in [0.05, 0.1) is 10.7 Å². The minimum Gasteiger partial charge on any atom is -0.482 e. The molecular formula is C15H19ClN4O3. The van der Waals surface area contributed by atoms with Crippen LogP contribution in [0, 0.1) is 0 Å². The van der Waals surface area contributed by atoms with E-state index >= 15 is 0 Å². The number of nitrogens with two attached hydrogens (primary N) is 1. The lowest BCUT2D eigenvalue weighted by Crippen LogP contribution is -2.40. The first-order valence-electron chi connectivity index (χ1n) is 7.27. The molecule has 0 saturated heterocycles. The molecule has 2 rings (SSSR count). The van der Waals surface area contributed by atoms with Gasteiger partial charge in [0.25, 0.3) is 5.91 Å². The van der Waals surface area contributed by atoms with Crippen LogP contribution >= 0.6 is 11.6 Å². The molecule has 7 nitrogen and oxygen atoms in total. The van der Waals surface area contributed by atoms with Crippen molar-refractivity contribution < 1.29 is 14.3 Å². The summed E-state index contributed by atoms with van der Waals surface area (Å²) in [6, 6.07) is 5.06. The summed E-state index contributed by atoms with van der Waals surface area (Å²) in [7, 11) is 0. The second kappa shape index (κ2) is 7.94. The van der Waals surface area contributed by atoms with E-state index in [2.05, 4.69) is 15.8 Å². The molecule has 1 unspecified atom stereocenters. The van der Waals surface area contributed by atoms with Gasteiger partial charge >= 0.3 is 0 Å². The number of nitrogens with zero attached hydrogens (tertiary/aromatic N) is 1. The van der Waals surface area contributed by atoms with Crippen molar-refractivity contribution in [2.45, 2.75) is 25.8 Å². The van der Waals surface area contributed by atoms with Crippen LogP contribution in [0.5, 0.6) is 5.75 Å². The molecule has 0 aliphatic carbocycles. The van der Waals surface area contributed by atoms with Gasteiger partial charge in [-0.3, -0.25) is 9.59 Å². The maximum absolute atomic E-state index is 11.6. The van der Waals surface area contributed by atoms with Gasteiger partial charge in [0.15, 0.2) is 6.61 Å². The standard InChI is InChI=1S/C15H19ClN4O3/c1-9(7-17)18-15(22)8-23-13-4-2-10(6-11(13)16)12-3-5-14(21)20-19-12/h2,4,6,9H,3,5,7-8,17H2,1H3,(H,18,22)(H,20,21). The van der Waals surface area contributed by atoms with Crippen molar-refractivity contribution >= 4 is 29.1 Å². The minimum absolute atomic E-state index is 0.0995. The third-order valence-corrected chi connectivity index (χ3v) is 3.58. The van der Waals surface area contributed by atoms with Crippen LogP contribution in [0.2, 0.25) is 5.02 Å². The smallest absolute Gasteiger partial charge is 0.258 e. The van der Waals surface area contributed by atoms with Crippen LogP contribution in [0.3, 0.4) is 0 Å². The molecule has 1 atom stereocenters. The van der Waals surface area contributed by atoms with Crippen molar-refractivity contribution in [2.75, 3.05) is 13.2 Å². The van der Waals surface area contributed by atoms with Crippen LogP contribution in [0.1, 0.15) is 25.3 Å². The van der Waals surface area contributed by atoms with Crippen LogP contribution in [0.4, 0.5) is 0 Å². The van der Waals surface area contributed by atoms with E-state index in [9.17, 15) is 9.59 Å². The van der Waals surface area contributed by atoms with E-state index in [0.29, 0.717) is 30.2 Å². The van der Waals surface area contributed by atoms with Gasteiger partial charge in [-0.2, -0.15) is 5.10 Å². The SMILES string of the molecule is CC(CN)NC(=O)COc1ccc(C2=NNC(=O)CC2)cc1Cl. The normalized spacial score (nSPS) is 15.4. The van der Waals surface area contributed by atoms with Gasteiger partial charge in [0.1, 0.15) is 5.75 Å². The largest absolute Gasteiger partial charge is 0.482 e. The van der Waals surface area contributed by atoms with E-state index in [1.807, 2.05) is 6.92 Å². The highest BCUT2D eigenvalue weighted by molar-refractivity contribution is 6.32. The molecular weight excluding hydrogens is 320 g/mol. The molecule has 4 N–H and O–H groups in total. The Bertz CT molecular complexity index is 633. The summed E-state index contributed by atoms with van der Waals surface area (Å²) in [4.78, 5) is 22.7. The maximum Gasteiger partial charge on any atom is 0.258 e. The van der Waals surface area contributed by atoms with E-state index in [1.54, 1.807) is 18.2 Å². The average Bonchev–Trinajstić information content (AvgIpc) is 2.54. The van der Waals surface area contributed by atoms with Crippen LogP contribution in [-0.2, 0) is 9.59 Å². The topological polar surface area (TPSA) is 106 Å². The van der Waals surface area contributed by atoms with Crippen molar-refractivity contribution in [3.8, 4) is 5.75 Å². The lowest BCUT2D eigenvalue weighted by atomic mass is 10.0. The number of halogens is 1. The molecule has 1 aliphatic rings. The molecule has 0 saturated carbocycles. The molecule has 0 radical (unpaired) electrons. The number of rotatable bonds is 6. The molecule has 8 heteroatoms. The molecule has 0 spiro atoms.